The molecule has 3 rings (SSSR count). The summed E-state index contributed by atoms with van der Waals surface area (Å²) >= 11 is 9.52. The topological polar surface area (TPSA) is 12.9 Å². The van der Waals surface area contributed by atoms with Crippen molar-refractivity contribution in [3.63, 3.8) is 0 Å². The molecule has 84 valence electrons. The standard InChI is InChI=1S/C13H8ClNS2/c14-10-5-2-1-4-9(10)11-8-17-13(15-11)12-6-3-7-16-12/h1-8H. The highest BCUT2D eigenvalue weighted by atomic mass is 35.5. The summed E-state index contributed by atoms with van der Waals surface area (Å²) in [4.78, 5) is 5.83. The van der Waals surface area contributed by atoms with E-state index in [1.807, 2.05) is 30.3 Å². The minimum atomic E-state index is 0.746. The van der Waals surface area contributed by atoms with Gasteiger partial charge in [-0.2, -0.15) is 0 Å². The Morgan fingerprint density at radius 1 is 1.00 bits per heavy atom. The van der Waals surface area contributed by atoms with Gasteiger partial charge in [0.2, 0.25) is 0 Å². The van der Waals surface area contributed by atoms with Gasteiger partial charge in [0.05, 0.1) is 10.6 Å². The second kappa shape index (κ2) is 4.61. The van der Waals surface area contributed by atoms with Crippen molar-refractivity contribution >= 4 is 34.3 Å². The Kier molecular flexibility index (Phi) is 2.97. The Labute approximate surface area is 112 Å². The first-order valence-corrected chi connectivity index (χ1v) is 7.22. The van der Waals surface area contributed by atoms with Gasteiger partial charge in [-0.3, -0.25) is 0 Å². The molecule has 0 amide bonds. The van der Waals surface area contributed by atoms with Crippen LogP contribution in [0.15, 0.2) is 47.2 Å². The maximum absolute atomic E-state index is 6.16. The van der Waals surface area contributed by atoms with Gasteiger partial charge in [-0.1, -0.05) is 35.9 Å². The van der Waals surface area contributed by atoms with E-state index in [1.54, 1.807) is 22.7 Å². The minimum absolute atomic E-state index is 0.746. The second-order valence-corrected chi connectivity index (χ2v) is 5.71. The molecule has 0 saturated carbocycles. The molecule has 2 heterocycles. The fourth-order valence-electron chi connectivity index (χ4n) is 1.58. The Hall–Kier alpha value is -1.16. The van der Waals surface area contributed by atoms with Crippen LogP contribution in [0, 0.1) is 0 Å². The molecule has 0 N–H and O–H groups in total. The largest absolute Gasteiger partial charge is 0.235 e. The lowest BCUT2D eigenvalue weighted by Gasteiger charge is -1.98. The molecule has 0 fully saturated rings. The van der Waals surface area contributed by atoms with E-state index in [4.69, 9.17) is 11.6 Å². The minimum Gasteiger partial charge on any atom is -0.235 e. The van der Waals surface area contributed by atoms with Crippen molar-refractivity contribution in [3.8, 4) is 21.1 Å². The second-order valence-electron chi connectivity index (χ2n) is 3.50. The summed E-state index contributed by atoms with van der Waals surface area (Å²) in [7, 11) is 0. The van der Waals surface area contributed by atoms with Crippen LogP contribution in [-0.2, 0) is 0 Å². The van der Waals surface area contributed by atoms with Gasteiger partial charge in [0.25, 0.3) is 0 Å². The lowest BCUT2D eigenvalue weighted by atomic mass is 10.2. The van der Waals surface area contributed by atoms with Gasteiger partial charge < -0.3 is 0 Å². The molecule has 0 aliphatic rings. The fourth-order valence-corrected chi connectivity index (χ4v) is 3.45. The van der Waals surface area contributed by atoms with Gasteiger partial charge in [-0.15, -0.1) is 22.7 Å². The van der Waals surface area contributed by atoms with Gasteiger partial charge in [0.1, 0.15) is 5.01 Å². The van der Waals surface area contributed by atoms with Gasteiger partial charge in [-0.25, -0.2) is 4.98 Å². The molecule has 0 unspecified atom stereocenters. The molecule has 2 aromatic heterocycles. The van der Waals surface area contributed by atoms with Crippen LogP contribution >= 0.6 is 34.3 Å². The van der Waals surface area contributed by atoms with Crippen molar-refractivity contribution in [1.82, 2.24) is 4.98 Å². The molecule has 1 nitrogen and oxygen atoms in total. The molecule has 0 spiro atoms. The number of benzene rings is 1. The zero-order valence-corrected chi connectivity index (χ0v) is 11.1. The maximum Gasteiger partial charge on any atom is 0.134 e. The highest BCUT2D eigenvalue weighted by Crippen LogP contribution is 2.33. The molecule has 0 aliphatic carbocycles. The summed E-state index contributed by atoms with van der Waals surface area (Å²) < 4.78 is 0. The maximum atomic E-state index is 6.16. The lowest BCUT2D eigenvalue weighted by Crippen LogP contribution is -1.79. The van der Waals surface area contributed by atoms with Crippen molar-refractivity contribution < 1.29 is 0 Å². The van der Waals surface area contributed by atoms with Crippen LogP contribution in [0.25, 0.3) is 21.1 Å². The average Bonchev–Trinajstić information content (AvgIpc) is 3.00. The van der Waals surface area contributed by atoms with Gasteiger partial charge in [0, 0.05) is 16.0 Å². The van der Waals surface area contributed by atoms with E-state index in [9.17, 15) is 0 Å². The number of aromatic nitrogens is 1. The molecule has 0 saturated heterocycles. The van der Waals surface area contributed by atoms with Crippen LogP contribution in [0.3, 0.4) is 0 Å². The number of hydrogen-bond donors (Lipinski definition) is 0. The third-order valence-electron chi connectivity index (χ3n) is 2.39. The van der Waals surface area contributed by atoms with Crippen LogP contribution in [0.2, 0.25) is 5.02 Å². The predicted octanol–water partition coefficient (Wildman–Crippen LogP) is 5.19. The normalized spacial score (nSPS) is 10.6. The number of nitrogens with zero attached hydrogens (tertiary/aromatic N) is 1. The molecule has 4 heteroatoms. The first kappa shape index (κ1) is 11.0. The summed E-state index contributed by atoms with van der Waals surface area (Å²) in [5.41, 5.74) is 1.94. The quantitative estimate of drug-likeness (QED) is 0.628. The van der Waals surface area contributed by atoms with Gasteiger partial charge in [0.15, 0.2) is 0 Å². The first-order valence-electron chi connectivity index (χ1n) is 5.09. The van der Waals surface area contributed by atoms with E-state index in [2.05, 4.69) is 21.8 Å². The van der Waals surface area contributed by atoms with Gasteiger partial charge in [-0.05, 0) is 17.5 Å². The zero-order chi connectivity index (χ0) is 11.7. The highest BCUT2D eigenvalue weighted by molar-refractivity contribution is 7.20. The third kappa shape index (κ3) is 2.14. The number of thiazole rings is 1. The predicted molar refractivity (Wildman–Crippen MR) is 75.9 cm³/mol. The van der Waals surface area contributed by atoms with Crippen LogP contribution in [0.1, 0.15) is 0 Å². The van der Waals surface area contributed by atoms with E-state index in [1.165, 1.54) is 4.88 Å². The summed E-state index contributed by atoms with van der Waals surface area (Å²) in [5, 5.41) is 5.91. The molecule has 1 aromatic carbocycles. The monoisotopic (exact) mass is 277 g/mol. The molecule has 0 atom stereocenters. The Morgan fingerprint density at radius 2 is 1.88 bits per heavy atom. The summed E-state index contributed by atoms with van der Waals surface area (Å²) in [5.74, 6) is 0. The van der Waals surface area contributed by atoms with E-state index in [-0.39, 0.29) is 0 Å². The van der Waals surface area contributed by atoms with E-state index >= 15 is 0 Å². The molecule has 0 bridgehead atoms. The van der Waals surface area contributed by atoms with Crippen LogP contribution in [-0.4, -0.2) is 4.98 Å². The van der Waals surface area contributed by atoms with E-state index in [0.29, 0.717) is 0 Å². The molecular formula is C13H8ClNS2. The van der Waals surface area contributed by atoms with Crippen molar-refractivity contribution in [1.29, 1.82) is 0 Å². The molecular weight excluding hydrogens is 270 g/mol. The SMILES string of the molecule is Clc1ccccc1-c1csc(-c2cccs2)n1. The number of thiophene rings is 1. The summed E-state index contributed by atoms with van der Waals surface area (Å²) in [6.07, 6.45) is 0. The van der Waals surface area contributed by atoms with Crippen molar-refractivity contribution in [2.75, 3.05) is 0 Å². The summed E-state index contributed by atoms with van der Waals surface area (Å²) in [6.45, 7) is 0. The Morgan fingerprint density at radius 3 is 2.65 bits per heavy atom. The number of hydrogen-bond acceptors (Lipinski definition) is 3. The van der Waals surface area contributed by atoms with Crippen LogP contribution < -0.4 is 0 Å². The third-order valence-corrected chi connectivity index (χ3v) is 4.60. The molecule has 0 aliphatic heterocycles. The Bertz CT molecular complexity index is 628. The van der Waals surface area contributed by atoms with E-state index in [0.717, 1.165) is 21.3 Å². The lowest BCUT2D eigenvalue weighted by molar-refractivity contribution is 1.41. The zero-order valence-electron chi connectivity index (χ0n) is 8.76. The van der Waals surface area contributed by atoms with E-state index < -0.39 is 0 Å². The van der Waals surface area contributed by atoms with Crippen molar-refractivity contribution in [3.05, 3.63) is 52.2 Å². The molecule has 17 heavy (non-hydrogen) atoms. The van der Waals surface area contributed by atoms with Gasteiger partial charge >= 0.3 is 0 Å². The highest BCUT2D eigenvalue weighted by Gasteiger charge is 2.09. The fraction of sp³-hybridized carbons (Fsp3) is 0. The number of rotatable bonds is 2. The number of halogens is 1. The molecule has 0 radical (unpaired) electrons. The van der Waals surface area contributed by atoms with Crippen molar-refractivity contribution in [2.45, 2.75) is 0 Å². The van der Waals surface area contributed by atoms with Crippen molar-refractivity contribution in [2.24, 2.45) is 0 Å². The van der Waals surface area contributed by atoms with Crippen LogP contribution in [0.5, 0.6) is 0 Å². The molecule has 3 aromatic rings. The van der Waals surface area contributed by atoms with Crippen LogP contribution in [0.4, 0.5) is 0 Å². The Balaban J connectivity index is 2.04. The average molecular weight is 278 g/mol. The smallest absolute Gasteiger partial charge is 0.134 e. The first-order chi connectivity index (χ1) is 8.34. The summed E-state index contributed by atoms with van der Waals surface area (Å²) in [6, 6.07) is 11.9.